The molecule has 1 aromatic heterocycles. The first-order valence-electron chi connectivity index (χ1n) is 6.04. The van der Waals surface area contributed by atoms with Crippen molar-refractivity contribution in [2.75, 3.05) is 11.9 Å². The van der Waals surface area contributed by atoms with Crippen LogP contribution in [0, 0.1) is 18.3 Å². The van der Waals surface area contributed by atoms with Crippen molar-refractivity contribution in [2.45, 2.75) is 13.3 Å². The van der Waals surface area contributed by atoms with E-state index in [4.69, 9.17) is 16.9 Å². The van der Waals surface area contributed by atoms with Crippen LogP contribution in [-0.4, -0.2) is 11.5 Å². The molecule has 19 heavy (non-hydrogen) atoms. The number of rotatable bonds is 4. The van der Waals surface area contributed by atoms with Gasteiger partial charge in [-0.25, -0.2) is 0 Å². The molecule has 0 aliphatic heterocycles. The SMILES string of the molecule is Cc1ccc(CCNc2c(Cl)cccc2C#N)cn1. The zero-order valence-corrected chi connectivity index (χ0v) is 11.4. The van der Waals surface area contributed by atoms with E-state index in [0.717, 1.165) is 17.7 Å². The Bertz CT molecular complexity index is 600. The standard InChI is InChI=1S/C15H14ClN3/c1-11-5-6-12(10-19-11)7-8-18-15-13(9-17)3-2-4-14(15)16/h2-6,10,18H,7-8H2,1H3. The topological polar surface area (TPSA) is 48.7 Å². The second-order valence-electron chi connectivity index (χ2n) is 4.26. The summed E-state index contributed by atoms with van der Waals surface area (Å²) in [6.45, 7) is 2.67. The van der Waals surface area contributed by atoms with Crippen molar-refractivity contribution in [3.8, 4) is 6.07 Å². The lowest BCUT2D eigenvalue weighted by Crippen LogP contribution is -2.07. The van der Waals surface area contributed by atoms with Gasteiger partial charge >= 0.3 is 0 Å². The van der Waals surface area contributed by atoms with E-state index in [0.29, 0.717) is 22.8 Å². The van der Waals surface area contributed by atoms with Gasteiger partial charge in [-0.1, -0.05) is 23.7 Å². The van der Waals surface area contributed by atoms with Crippen LogP contribution in [0.4, 0.5) is 5.69 Å². The van der Waals surface area contributed by atoms with Crippen LogP contribution in [0.2, 0.25) is 5.02 Å². The maximum absolute atomic E-state index is 9.03. The number of hydrogen-bond donors (Lipinski definition) is 1. The summed E-state index contributed by atoms with van der Waals surface area (Å²) < 4.78 is 0. The number of pyridine rings is 1. The Balaban J connectivity index is 2.00. The third-order valence-corrected chi connectivity index (χ3v) is 3.14. The number of nitrogens with one attached hydrogen (secondary N) is 1. The Morgan fingerprint density at radius 3 is 2.84 bits per heavy atom. The van der Waals surface area contributed by atoms with E-state index in [1.807, 2.05) is 19.2 Å². The molecule has 2 rings (SSSR count). The Morgan fingerprint density at radius 1 is 1.32 bits per heavy atom. The van der Waals surface area contributed by atoms with Crippen LogP contribution in [0.5, 0.6) is 0 Å². The van der Waals surface area contributed by atoms with Crippen LogP contribution in [0.15, 0.2) is 36.5 Å². The summed E-state index contributed by atoms with van der Waals surface area (Å²) >= 11 is 6.08. The van der Waals surface area contributed by atoms with E-state index >= 15 is 0 Å². The third kappa shape index (κ3) is 3.46. The van der Waals surface area contributed by atoms with Gasteiger partial charge in [0.25, 0.3) is 0 Å². The zero-order chi connectivity index (χ0) is 13.7. The molecule has 0 amide bonds. The summed E-state index contributed by atoms with van der Waals surface area (Å²) in [6.07, 6.45) is 2.71. The number of nitrogens with zero attached hydrogens (tertiary/aromatic N) is 2. The van der Waals surface area contributed by atoms with Crippen molar-refractivity contribution in [1.82, 2.24) is 4.98 Å². The Labute approximate surface area is 117 Å². The summed E-state index contributed by atoms with van der Waals surface area (Å²) in [5.74, 6) is 0. The molecule has 0 atom stereocenters. The van der Waals surface area contributed by atoms with Gasteiger partial charge in [0.15, 0.2) is 0 Å². The van der Waals surface area contributed by atoms with Crippen molar-refractivity contribution < 1.29 is 0 Å². The van der Waals surface area contributed by atoms with Gasteiger partial charge in [0, 0.05) is 18.4 Å². The van der Waals surface area contributed by atoms with Crippen LogP contribution in [-0.2, 0) is 6.42 Å². The fourth-order valence-electron chi connectivity index (χ4n) is 1.78. The predicted molar refractivity (Wildman–Crippen MR) is 77.3 cm³/mol. The minimum absolute atomic E-state index is 0.564. The van der Waals surface area contributed by atoms with Gasteiger partial charge < -0.3 is 5.32 Å². The minimum Gasteiger partial charge on any atom is -0.382 e. The van der Waals surface area contributed by atoms with Crippen molar-refractivity contribution in [3.63, 3.8) is 0 Å². The first-order chi connectivity index (χ1) is 9.20. The number of aryl methyl sites for hydroxylation is 1. The molecule has 2 aromatic rings. The molecule has 3 nitrogen and oxygen atoms in total. The largest absolute Gasteiger partial charge is 0.382 e. The Hall–Kier alpha value is -2.05. The molecule has 0 aliphatic rings. The van der Waals surface area contributed by atoms with Crippen molar-refractivity contribution >= 4 is 17.3 Å². The maximum atomic E-state index is 9.03. The summed E-state index contributed by atoms with van der Waals surface area (Å²) in [4.78, 5) is 4.25. The lowest BCUT2D eigenvalue weighted by atomic mass is 10.1. The Kier molecular flexibility index (Phi) is 4.38. The van der Waals surface area contributed by atoms with Crippen LogP contribution >= 0.6 is 11.6 Å². The number of hydrogen-bond acceptors (Lipinski definition) is 3. The summed E-state index contributed by atoms with van der Waals surface area (Å²) in [5.41, 5.74) is 3.43. The summed E-state index contributed by atoms with van der Waals surface area (Å²) in [7, 11) is 0. The van der Waals surface area contributed by atoms with Gasteiger partial charge in [-0.3, -0.25) is 4.98 Å². The second kappa shape index (κ2) is 6.21. The van der Waals surface area contributed by atoms with Crippen molar-refractivity contribution in [3.05, 3.63) is 58.4 Å². The number of aromatic nitrogens is 1. The number of halogens is 1. The van der Waals surface area contributed by atoms with E-state index in [-0.39, 0.29) is 0 Å². The lowest BCUT2D eigenvalue weighted by molar-refractivity contribution is 0.996. The molecule has 0 unspecified atom stereocenters. The monoisotopic (exact) mass is 271 g/mol. The minimum atomic E-state index is 0.564. The molecule has 4 heteroatoms. The summed E-state index contributed by atoms with van der Waals surface area (Å²) in [6, 6.07) is 11.5. The molecule has 0 saturated heterocycles. The van der Waals surface area contributed by atoms with Crippen molar-refractivity contribution in [2.24, 2.45) is 0 Å². The number of nitriles is 1. The smallest absolute Gasteiger partial charge is 0.101 e. The van der Waals surface area contributed by atoms with Crippen LogP contribution in [0.3, 0.4) is 0 Å². The van der Waals surface area contributed by atoms with Crippen LogP contribution in [0.1, 0.15) is 16.8 Å². The summed E-state index contributed by atoms with van der Waals surface area (Å²) in [5, 5.41) is 12.8. The highest BCUT2D eigenvalue weighted by Gasteiger charge is 2.05. The average molecular weight is 272 g/mol. The highest BCUT2D eigenvalue weighted by molar-refractivity contribution is 6.33. The molecule has 0 radical (unpaired) electrons. The highest BCUT2D eigenvalue weighted by Crippen LogP contribution is 2.25. The molecule has 96 valence electrons. The van der Waals surface area contributed by atoms with Gasteiger partial charge in [0.2, 0.25) is 0 Å². The highest BCUT2D eigenvalue weighted by atomic mass is 35.5. The van der Waals surface area contributed by atoms with E-state index in [1.165, 1.54) is 0 Å². The number of para-hydroxylation sites is 1. The Morgan fingerprint density at radius 2 is 2.16 bits per heavy atom. The van der Waals surface area contributed by atoms with Gasteiger partial charge in [0.1, 0.15) is 6.07 Å². The number of anilines is 1. The van der Waals surface area contributed by atoms with Gasteiger partial charge in [-0.15, -0.1) is 0 Å². The maximum Gasteiger partial charge on any atom is 0.101 e. The van der Waals surface area contributed by atoms with E-state index < -0.39 is 0 Å². The number of benzene rings is 1. The van der Waals surface area contributed by atoms with Gasteiger partial charge in [-0.2, -0.15) is 5.26 Å². The molecule has 0 bridgehead atoms. The fourth-order valence-corrected chi connectivity index (χ4v) is 2.02. The molecule has 1 N–H and O–H groups in total. The van der Waals surface area contributed by atoms with E-state index in [2.05, 4.69) is 22.4 Å². The normalized spacial score (nSPS) is 9.95. The average Bonchev–Trinajstić information content (AvgIpc) is 2.42. The van der Waals surface area contributed by atoms with Gasteiger partial charge in [0.05, 0.1) is 16.3 Å². The molecular weight excluding hydrogens is 258 g/mol. The fraction of sp³-hybridized carbons (Fsp3) is 0.200. The second-order valence-corrected chi connectivity index (χ2v) is 4.67. The quantitative estimate of drug-likeness (QED) is 0.925. The van der Waals surface area contributed by atoms with Crippen molar-refractivity contribution in [1.29, 1.82) is 5.26 Å². The predicted octanol–water partition coefficient (Wildman–Crippen LogP) is 3.57. The first kappa shape index (κ1) is 13.4. The van der Waals surface area contributed by atoms with Crippen LogP contribution < -0.4 is 5.32 Å². The zero-order valence-electron chi connectivity index (χ0n) is 10.7. The molecule has 1 aromatic carbocycles. The van der Waals surface area contributed by atoms with Crippen LogP contribution in [0.25, 0.3) is 0 Å². The van der Waals surface area contributed by atoms with E-state index in [9.17, 15) is 0 Å². The molecule has 0 saturated carbocycles. The third-order valence-electron chi connectivity index (χ3n) is 2.82. The molecule has 0 spiro atoms. The first-order valence-corrected chi connectivity index (χ1v) is 6.42. The molecular formula is C15H14ClN3. The molecule has 1 heterocycles. The lowest BCUT2D eigenvalue weighted by Gasteiger charge is -2.10. The molecule has 0 fully saturated rings. The van der Waals surface area contributed by atoms with Gasteiger partial charge in [-0.05, 0) is 37.1 Å². The molecule has 0 aliphatic carbocycles. The van der Waals surface area contributed by atoms with E-state index in [1.54, 1.807) is 18.2 Å².